The number of rotatable bonds is 5. The third-order valence-electron chi connectivity index (χ3n) is 2.94. The number of methoxy groups -OCH3 is 1. The molecule has 5 heteroatoms. The molecule has 106 valence electrons. The predicted octanol–water partition coefficient (Wildman–Crippen LogP) is 2.14. The van der Waals surface area contributed by atoms with E-state index in [1.54, 1.807) is 31.5 Å². The van der Waals surface area contributed by atoms with Crippen LogP contribution in [0.1, 0.15) is 16.7 Å². The van der Waals surface area contributed by atoms with E-state index in [2.05, 4.69) is 4.98 Å². The molecule has 0 aliphatic heterocycles. The minimum atomic E-state index is -0.0425. The summed E-state index contributed by atoms with van der Waals surface area (Å²) in [5.74, 6) is 1.62. The van der Waals surface area contributed by atoms with Crippen molar-refractivity contribution < 1.29 is 14.6 Å². The van der Waals surface area contributed by atoms with Crippen molar-refractivity contribution in [2.75, 3.05) is 7.11 Å². The number of benzene rings is 1. The van der Waals surface area contributed by atoms with E-state index in [0.717, 1.165) is 16.7 Å². The van der Waals surface area contributed by atoms with Gasteiger partial charge in [-0.2, -0.15) is 0 Å². The first-order chi connectivity index (χ1) is 9.67. The molecule has 20 heavy (non-hydrogen) atoms. The Morgan fingerprint density at radius 2 is 2.00 bits per heavy atom. The number of nitrogens with zero attached hydrogens (tertiary/aromatic N) is 1. The SMILES string of the molecule is COc1cc(CO)ccc1Oc1ncc(CN)cc1C. The van der Waals surface area contributed by atoms with Crippen LogP contribution in [0.3, 0.4) is 0 Å². The number of hydrogen-bond acceptors (Lipinski definition) is 5. The average Bonchev–Trinajstić information content (AvgIpc) is 2.49. The summed E-state index contributed by atoms with van der Waals surface area (Å²) in [6.45, 7) is 2.32. The molecule has 0 atom stereocenters. The van der Waals surface area contributed by atoms with Crippen molar-refractivity contribution in [3.8, 4) is 17.4 Å². The van der Waals surface area contributed by atoms with Crippen molar-refractivity contribution in [1.29, 1.82) is 0 Å². The number of ether oxygens (including phenoxy) is 2. The van der Waals surface area contributed by atoms with Crippen LogP contribution in [0, 0.1) is 6.92 Å². The minimum Gasteiger partial charge on any atom is -0.493 e. The Bertz CT molecular complexity index is 600. The van der Waals surface area contributed by atoms with E-state index in [9.17, 15) is 0 Å². The normalized spacial score (nSPS) is 10.4. The molecular formula is C15H18N2O3. The largest absolute Gasteiger partial charge is 0.493 e. The number of aromatic nitrogens is 1. The molecule has 0 fully saturated rings. The summed E-state index contributed by atoms with van der Waals surface area (Å²) in [5, 5.41) is 9.12. The summed E-state index contributed by atoms with van der Waals surface area (Å²) >= 11 is 0. The Hall–Kier alpha value is -2.11. The lowest BCUT2D eigenvalue weighted by Gasteiger charge is -2.12. The number of aryl methyl sites for hydroxylation is 1. The molecule has 0 aliphatic rings. The fraction of sp³-hybridized carbons (Fsp3) is 0.267. The van der Waals surface area contributed by atoms with Gasteiger partial charge < -0.3 is 20.3 Å². The fourth-order valence-corrected chi connectivity index (χ4v) is 1.84. The molecule has 5 nitrogen and oxygen atoms in total. The van der Waals surface area contributed by atoms with Crippen LogP contribution in [0.2, 0.25) is 0 Å². The van der Waals surface area contributed by atoms with Crippen molar-refractivity contribution in [2.24, 2.45) is 5.73 Å². The number of hydrogen-bond donors (Lipinski definition) is 2. The first kappa shape index (κ1) is 14.3. The summed E-state index contributed by atoms with van der Waals surface area (Å²) in [6.07, 6.45) is 1.69. The molecule has 0 spiro atoms. The number of pyridine rings is 1. The van der Waals surface area contributed by atoms with Gasteiger partial charge in [0, 0.05) is 18.3 Å². The lowest BCUT2D eigenvalue weighted by Crippen LogP contribution is -2.00. The van der Waals surface area contributed by atoms with Crippen LogP contribution < -0.4 is 15.2 Å². The lowest BCUT2D eigenvalue weighted by molar-refractivity contribution is 0.280. The molecule has 2 rings (SSSR count). The highest BCUT2D eigenvalue weighted by Gasteiger charge is 2.10. The molecule has 0 unspecified atom stereocenters. The Labute approximate surface area is 118 Å². The summed E-state index contributed by atoms with van der Waals surface area (Å²) in [4.78, 5) is 4.26. The third-order valence-corrected chi connectivity index (χ3v) is 2.94. The van der Waals surface area contributed by atoms with Gasteiger partial charge in [-0.1, -0.05) is 6.07 Å². The number of aliphatic hydroxyl groups excluding tert-OH is 1. The van der Waals surface area contributed by atoms with E-state index < -0.39 is 0 Å². The van der Waals surface area contributed by atoms with E-state index in [1.165, 1.54) is 0 Å². The van der Waals surface area contributed by atoms with Crippen LogP contribution in [0.4, 0.5) is 0 Å². The maximum atomic E-state index is 9.12. The van der Waals surface area contributed by atoms with E-state index in [0.29, 0.717) is 23.9 Å². The van der Waals surface area contributed by atoms with Gasteiger partial charge in [0.05, 0.1) is 13.7 Å². The van der Waals surface area contributed by atoms with Crippen LogP contribution in [-0.2, 0) is 13.2 Å². The first-order valence-electron chi connectivity index (χ1n) is 6.29. The molecule has 0 radical (unpaired) electrons. The summed E-state index contributed by atoms with van der Waals surface area (Å²) in [7, 11) is 1.56. The lowest BCUT2D eigenvalue weighted by atomic mass is 10.2. The first-order valence-corrected chi connectivity index (χ1v) is 6.29. The smallest absolute Gasteiger partial charge is 0.222 e. The summed E-state index contributed by atoms with van der Waals surface area (Å²) < 4.78 is 11.0. The van der Waals surface area contributed by atoms with Gasteiger partial charge in [-0.25, -0.2) is 4.98 Å². The molecule has 0 saturated carbocycles. The van der Waals surface area contributed by atoms with Crippen molar-refractivity contribution >= 4 is 0 Å². The van der Waals surface area contributed by atoms with Gasteiger partial charge >= 0.3 is 0 Å². The fourth-order valence-electron chi connectivity index (χ4n) is 1.84. The molecule has 1 heterocycles. The van der Waals surface area contributed by atoms with Gasteiger partial charge in [-0.05, 0) is 36.2 Å². The standard InChI is InChI=1S/C15H18N2O3/c1-10-5-12(7-16)8-17-15(10)20-13-4-3-11(9-18)6-14(13)19-2/h3-6,8,18H,7,9,16H2,1-2H3. The van der Waals surface area contributed by atoms with E-state index in [1.807, 2.05) is 13.0 Å². The van der Waals surface area contributed by atoms with Crippen molar-refractivity contribution in [3.63, 3.8) is 0 Å². The zero-order valence-corrected chi connectivity index (χ0v) is 11.6. The van der Waals surface area contributed by atoms with Crippen molar-refractivity contribution in [1.82, 2.24) is 4.98 Å². The van der Waals surface area contributed by atoms with Gasteiger partial charge in [-0.15, -0.1) is 0 Å². The molecule has 0 bridgehead atoms. The van der Waals surface area contributed by atoms with E-state index in [4.69, 9.17) is 20.3 Å². The molecule has 2 aromatic rings. The Kier molecular flexibility index (Phi) is 4.55. The number of aliphatic hydroxyl groups is 1. The summed E-state index contributed by atoms with van der Waals surface area (Å²) in [6, 6.07) is 7.21. The van der Waals surface area contributed by atoms with Crippen molar-refractivity contribution in [3.05, 3.63) is 47.2 Å². The van der Waals surface area contributed by atoms with Crippen LogP contribution in [0.15, 0.2) is 30.5 Å². The van der Waals surface area contributed by atoms with Crippen LogP contribution in [0.5, 0.6) is 17.4 Å². The molecule has 3 N–H and O–H groups in total. The zero-order valence-electron chi connectivity index (χ0n) is 11.6. The topological polar surface area (TPSA) is 77.6 Å². The average molecular weight is 274 g/mol. The molecule has 1 aromatic heterocycles. The zero-order chi connectivity index (χ0) is 14.5. The van der Waals surface area contributed by atoms with Gasteiger partial charge in [0.15, 0.2) is 11.5 Å². The molecule has 0 amide bonds. The second-order valence-corrected chi connectivity index (χ2v) is 4.42. The highest BCUT2D eigenvalue weighted by molar-refractivity contribution is 5.45. The monoisotopic (exact) mass is 274 g/mol. The number of nitrogens with two attached hydrogens (primary N) is 1. The minimum absolute atomic E-state index is 0.0425. The third kappa shape index (κ3) is 3.07. The van der Waals surface area contributed by atoms with Gasteiger partial charge in [0.25, 0.3) is 0 Å². The molecular weight excluding hydrogens is 256 g/mol. The van der Waals surface area contributed by atoms with Crippen LogP contribution in [-0.4, -0.2) is 17.2 Å². The molecule has 0 aliphatic carbocycles. The highest BCUT2D eigenvalue weighted by atomic mass is 16.5. The van der Waals surface area contributed by atoms with Gasteiger partial charge in [0.1, 0.15) is 0 Å². The quantitative estimate of drug-likeness (QED) is 0.873. The van der Waals surface area contributed by atoms with E-state index in [-0.39, 0.29) is 6.61 Å². The molecule has 0 saturated heterocycles. The molecule has 1 aromatic carbocycles. The maximum Gasteiger partial charge on any atom is 0.222 e. The van der Waals surface area contributed by atoms with E-state index >= 15 is 0 Å². The Morgan fingerprint density at radius 1 is 1.20 bits per heavy atom. The maximum absolute atomic E-state index is 9.12. The Morgan fingerprint density at radius 3 is 2.60 bits per heavy atom. The van der Waals surface area contributed by atoms with Crippen molar-refractivity contribution in [2.45, 2.75) is 20.1 Å². The Balaban J connectivity index is 2.29. The second-order valence-electron chi connectivity index (χ2n) is 4.42. The van der Waals surface area contributed by atoms with Crippen LogP contribution in [0.25, 0.3) is 0 Å². The van der Waals surface area contributed by atoms with Gasteiger partial charge in [-0.3, -0.25) is 0 Å². The second kappa shape index (κ2) is 6.36. The van der Waals surface area contributed by atoms with Gasteiger partial charge in [0.2, 0.25) is 5.88 Å². The predicted molar refractivity (Wildman–Crippen MR) is 75.9 cm³/mol. The summed E-state index contributed by atoms with van der Waals surface area (Å²) in [5.41, 5.74) is 8.20. The highest BCUT2D eigenvalue weighted by Crippen LogP contribution is 2.32. The van der Waals surface area contributed by atoms with Crippen LogP contribution >= 0.6 is 0 Å².